The topological polar surface area (TPSA) is 46.6 Å². The number of piperazine rings is 1. The fraction of sp³-hybridized carbons (Fsp3) is 0.667. The molecule has 0 aliphatic carbocycles. The van der Waals surface area contributed by atoms with E-state index in [1.54, 1.807) is 0 Å². The van der Waals surface area contributed by atoms with Crippen LogP contribution in [-0.4, -0.2) is 43.9 Å². The Kier molecular flexibility index (Phi) is 4.25. The Morgan fingerprint density at radius 2 is 2.25 bits per heavy atom. The maximum Gasteiger partial charge on any atom is 0.257 e. The van der Waals surface area contributed by atoms with Crippen LogP contribution in [0.1, 0.15) is 26.2 Å². The fourth-order valence-electron chi connectivity index (χ4n) is 2.67. The van der Waals surface area contributed by atoms with Crippen LogP contribution in [0.5, 0.6) is 11.6 Å². The highest BCUT2D eigenvalue weighted by atomic mass is 16.6. The molecule has 1 saturated heterocycles. The monoisotopic (exact) mass is 277 g/mol. The van der Waals surface area contributed by atoms with Crippen LogP contribution in [0.25, 0.3) is 0 Å². The summed E-state index contributed by atoms with van der Waals surface area (Å²) < 4.78 is 11.7. The van der Waals surface area contributed by atoms with Gasteiger partial charge in [0.25, 0.3) is 5.88 Å². The fourth-order valence-corrected chi connectivity index (χ4v) is 2.67. The lowest BCUT2D eigenvalue weighted by Gasteiger charge is -2.31. The molecule has 5 nitrogen and oxygen atoms in total. The molecule has 0 bridgehead atoms. The number of fused-ring (bicyclic) bond motifs is 1. The van der Waals surface area contributed by atoms with E-state index in [0.29, 0.717) is 12.5 Å². The van der Waals surface area contributed by atoms with E-state index < -0.39 is 0 Å². The first-order chi connectivity index (χ1) is 9.86. The van der Waals surface area contributed by atoms with Crippen LogP contribution in [0.4, 0.5) is 5.69 Å². The predicted octanol–water partition coefficient (Wildman–Crippen LogP) is 1.82. The highest BCUT2D eigenvalue weighted by Crippen LogP contribution is 2.33. The zero-order valence-corrected chi connectivity index (χ0v) is 12.1. The van der Waals surface area contributed by atoms with Crippen molar-refractivity contribution in [3.63, 3.8) is 0 Å². The van der Waals surface area contributed by atoms with Gasteiger partial charge in [-0.2, -0.15) is 0 Å². The van der Waals surface area contributed by atoms with Gasteiger partial charge in [-0.1, -0.05) is 13.3 Å². The van der Waals surface area contributed by atoms with Gasteiger partial charge in [-0.3, -0.25) is 0 Å². The Bertz CT molecular complexity index is 447. The molecule has 5 heteroatoms. The molecule has 0 spiro atoms. The van der Waals surface area contributed by atoms with Crippen LogP contribution in [0.15, 0.2) is 12.3 Å². The molecule has 1 fully saturated rings. The van der Waals surface area contributed by atoms with Crippen LogP contribution in [0.3, 0.4) is 0 Å². The molecule has 3 rings (SSSR count). The number of hydrogen-bond acceptors (Lipinski definition) is 5. The van der Waals surface area contributed by atoms with E-state index in [1.807, 2.05) is 6.20 Å². The van der Waals surface area contributed by atoms with Gasteiger partial charge in [0.15, 0.2) is 5.75 Å². The highest BCUT2D eigenvalue weighted by molar-refractivity contribution is 5.53. The van der Waals surface area contributed by atoms with E-state index >= 15 is 0 Å². The van der Waals surface area contributed by atoms with Gasteiger partial charge in [-0.05, 0) is 12.8 Å². The first kappa shape index (κ1) is 13.5. The number of anilines is 1. The number of nitrogens with zero attached hydrogens (tertiary/aromatic N) is 2. The van der Waals surface area contributed by atoms with Crippen molar-refractivity contribution in [1.29, 1.82) is 0 Å². The van der Waals surface area contributed by atoms with Crippen molar-refractivity contribution in [2.75, 3.05) is 37.7 Å². The number of unbranched alkanes of at least 4 members (excludes halogenated alkanes) is 1. The first-order valence-electron chi connectivity index (χ1n) is 7.62. The summed E-state index contributed by atoms with van der Waals surface area (Å²) in [6, 6.07) is 2.08. The summed E-state index contributed by atoms with van der Waals surface area (Å²) in [5.74, 6) is 1.44. The van der Waals surface area contributed by atoms with Gasteiger partial charge < -0.3 is 19.7 Å². The third kappa shape index (κ3) is 2.98. The third-order valence-electron chi connectivity index (χ3n) is 3.87. The Morgan fingerprint density at radius 1 is 1.40 bits per heavy atom. The molecule has 110 valence electrons. The summed E-state index contributed by atoms with van der Waals surface area (Å²) in [5.41, 5.74) is 1.13. The lowest BCUT2D eigenvalue weighted by Crippen LogP contribution is -2.43. The van der Waals surface area contributed by atoms with E-state index in [9.17, 15) is 0 Å². The molecular weight excluding hydrogens is 254 g/mol. The summed E-state index contributed by atoms with van der Waals surface area (Å²) in [4.78, 5) is 6.74. The van der Waals surface area contributed by atoms with Crippen molar-refractivity contribution in [2.24, 2.45) is 0 Å². The molecule has 1 atom stereocenters. The second-order valence-electron chi connectivity index (χ2n) is 5.43. The van der Waals surface area contributed by atoms with Gasteiger partial charge in [0.05, 0.1) is 11.9 Å². The number of ether oxygens (including phenoxy) is 2. The van der Waals surface area contributed by atoms with Gasteiger partial charge in [0.2, 0.25) is 0 Å². The first-order valence-corrected chi connectivity index (χ1v) is 7.62. The number of hydrogen-bond donors (Lipinski definition) is 1. The third-order valence-corrected chi connectivity index (χ3v) is 3.87. The molecule has 1 N–H and O–H groups in total. The minimum absolute atomic E-state index is 0.169. The maximum absolute atomic E-state index is 6.04. The molecule has 1 aromatic heterocycles. The Labute approximate surface area is 120 Å². The van der Waals surface area contributed by atoms with E-state index in [4.69, 9.17) is 9.47 Å². The van der Waals surface area contributed by atoms with Crippen LogP contribution in [0.2, 0.25) is 0 Å². The molecule has 2 aliphatic rings. The minimum Gasteiger partial charge on any atom is -0.481 e. The number of pyridine rings is 1. The molecule has 1 aromatic rings. The lowest BCUT2D eigenvalue weighted by molar-refractivity contribution is 0.0787. The van der Waals surface area contributed by atoms with Crippen molar-refractivity contribution in [3.05, 3.63) is 12.3 Å². The Hall–Kier alpha value is -1.49. The summed E-state index contributed by atoms with van der Waals surface area (Å²) in [5, 5.41) is 3.36. The molecule has 1 unspecified atom stereocenters. The van der Waals surface area contributed by atoms with Gasteiger partial charge in [-0.25, -0.2) is 4.98 Å². The number of rotatable bonds is 4. The van der Waals surface area contributed by atoms with Crippen LogP contribution in [0, 0.1) is 0 Å². The average Bonchev–Trinajstić information content (AvgIpc) is 2.53. The van der Waals surface area contributed by atoms with Gasteiger partial charge >= 0.3 is 0 Å². The second-order valence-corrected chi connectivity index (χ2v) is 5.43. The van der Waals surface area contributed by atoms with Crippen molar-refractivity contribution in [3.8, 4) is 11.6 Å². The summed E-state index contributed by atoms with van der Waals surface area (Å²) in [6.07, 6.45) is 5.47. The molecule has 0 saturated carbocycles. The molecule has 0 radical (unpaired) electrons. The second kappa shape index (κ2) is 6.31. The van der Waals surface area contributed by atoms with Crippen molar-refractivity contribution >= 4 is 5.69 Å². The molecule has 0 aromatic carbocycles. The largest absolute Gasteiger partial charge is 0.481 e. The number of aromatic nitrogens is 1. The average molecular weight is 277 g/mol. The van der Waals surface area contributed by atoms with E-state index in [2.05, 4.69) is 28.2 Å². The summed E-state index contributed by atoms with van der Waals surface area (Å²) in [6.45, 7) is 6.89. The maximum atomic E-state index is 6.04. The summed E-state index contributed by atoms with van der Waals surface area (Å²) >= 11 is 0. The lowest BCUT2D eigenvalue weighted by atomic mass is 10.1. The summed E-state index contributed by atoms with van der Waals surface area (Å²) in [7, 11) is 0. The minimum atomic E-state index is 0.169. The van der Waals surface area contributed by atoms with Crippen molar-refractivity contribution in [1.82, 2.24) is 10.3 Å². The van der Waals surface area contributed by atoms with Gasteiger partial charge in [0, 0.05) is 32.2 Å². The Morgan fingerprint density at radius 3 is 3.05 bits per heavy atom. The molecule has 2 aliphatic heterocycles. The van der Waals surface area contributed by atoms with Crippen molar-refractivity contribution < 1.29 is 9.47 Å². The number of nitrogens with one attached hydrogen (secondary N) is 1. The van der Waals surface area contributed by atoms with Crippen molar-refractivity contribution in [2.45, 2.75) is 32.3 Å². The van der Waals surface area contributed by atoms with Crippen LogP contribution in [-0.2, 0) is 0 Å². The van der Waals surface area contributed by atoms with Crippen LogP contribution >= 0.6 is 0 Å². The zero-order chi connectivity index (χ0) is 13.8. The molecule has 20 heavy (non-hydrogen) atoms. The van der Waals surface area contributed by atoms with Crippen LogP contribution < -0.4 is 19.7 Å². The molecule has 3 heterocycles. The van der Waals surface area contributed by atoms with E-state index in [-0.39, 0.29) is 6.10 Å². The van der Waals surface area contributed by atoms with Gasteiger partial charge in [0.1, 0.15) is 12.7 Å². The van der Waals surface area contributed by atoms with E-state index in [1.165, 1.54) is 12.8 Å². The predicted molar refractivity (Wildman–Crippen MR) is 78.8 cm³/mol. The smallest absolute Gasteiger partial charge is 0.257 e. The van der Waals surface area contributed by atoms with Gasteiger partial charge in [-0.15, -0.1) is 0 Å². The SMILES string of the molecule is CCCCC1COc2ncc(N3CCNCC3)cc2O1. The normalized spacial score (nSPS) is 21.9. The Balaban J connectivity index is 1.71. The van der Waals surface area contributed by atoms with E-state index in [0.717, 1.165) is 44.0 Å². The molecule has 0 amide bonds. The quantitative estimate of drug-likeness (QED) is 0.909. The molecular formula is C15H23N3O2. The zero-order valence-electron chi connectivity index (χ0n) is 12.1. The standard InChI is InChI=1S/C15H23N3O2/c1-2-3-4-13-11-19-15-14(20-13)9-12(10-17-15)18-7-5-16-6-8-18/h9-10,13,16H,2-8,11H2,1H3. The highest BCUT2D eigenvalue weighted by Gasteiger charge is 2.23.